The van der Waals surface area contributed by atoms with Crippen LogP contribution in [0.5, 0.6) is 0 Å². The van der Waals surface area contributed by atoms with Crippen LogP contribution in [-0.2, 0) is 16.6 Å². The van der Waals surface area contributed by atoms with Gasteiger partial charge in [-0.3, -0.25) is 9.52 Å². The largest absolute Gasteiger partial charge is 0.337 e. The second-order valence-corrected chi connectivity index (χ2v) is 9.13. The highest BCUT2D eigenvalue weighted by atomic mass is 32.2. The van der Waals surface area contributed by atoms with Gasteiger partial charge in [-0.1, -0.05) is 48.5 Å². The summed E-state index contributed by atoms with van der Waals surface area (Å²) >= 11 is 0. The molecule has 1 N–H and O–H groups in total. The number of amides is 1. The van der Waals surface area contributed by atoms with Crippen molar-refractivity contribution in [2.45, 2.75) is 32.2 Å². The topological polar surface area (TPSA) is 66.5 Å². The molecule has 3 aromatic carbocycles. The van der Waals surface area contributed by atoms with E-state index in [1.807, 2.05) is 56.3 Å². The Labute approximate surface area is 178 Å². The van der Waals surface area contributed by atoms with E-state index in [1.54, 1.807) is 37.1 Å². The predicted molar refractivity (Wildman–Crippen MR) is 120 cm³/mol. The van der Waals surface area contributed by atoms with E-state index in [0.717, 1.165) is 16.7 Å². The first kappa shape index (κ1) is 21.6. The van der Waals surface area contributed by atoms with Crippen LogP contribution in [0.1, 0.15) is 32.6 Å². The third kappa shape index (κ3) is 4.71. The van der Waals surface area contributed by atoms with Crippen LogP contribution in [-0.4, -0.2) is 26.3 Å². The molecule has 0 aliphatic carbocycles. The fourth-order valence-electron chi connectivity index (χ4n) is 3.23. The van der Waals surface area contributed by atoms with Crippen LogP contribution < -0.4 is 4.72 Å². The molecule has 0 fully saturated rings. The number of anilines is 1. The van der Waals surface area contributed by atoms with Crippen molar-refractivity contribution in [3.05, 3.63) is 94.5 Å². The van der Waals surface area contributed by atoms with E-state index in [1.165, 1.54) is 6.07 Å². The van der Waals surface area contributed by atoms with Gasteiger partial charge >= 0.3 is 0 Å². The Bertz CT molecular complexity index is 1170. The number of nitrogens with zero attached hydrogens (tertiary/aromatic N) is 1. The van der Waals surface area contributed by atoms with Gasteiger partial charge in [0.1, 0.15) is 0 Å². The van der Waals surface area contributed by atoms with E-state index in [4.69, 9.17) is 0 Å². The minimum absolute atomic E-state index is 0.0994. The molecule has 5 nitrogen and oxygen atoms in total. The van der Waals surface area contributed by atoms with E-state index < -0.39 is 10.0 Å². The number of carbonyl (C=O) groups is 1. The van der Waals surface area contributed by atoms with Gasteiger partial charge in [0.15, 0.2) is 0 Å². The Kier molecular flexibility index (Phi) is 6.27. The van der Waals surface area contributed by atoms with Crippen molar-refractivity contribution in [1.29, 1.82) is 0 Å². The highest BCUT2D eigenvalue weighted by Crippen LogP contribution is 2.25. The molecule has 0 atom stereocenters. The average Bonchev–Trinajstić information content (AvgIpc) is 2.71. The lowest BCUT2D eigenvalue weighted by molar-refractivity contribution is 0.0785. The fourth-order valence-corrected chi connectivity index (χ4v) is 4.63. The second kappa shape index (κ2) is 8.71. The van der Waals surface area contributed by atoms with Gasteiger partial charge in [-0.2, -0.15) is 0 Å². The Balaban J connectivity index is 1.88. The van der Waals surface area contributed by atoms with Crippen LogP contribution in [0.15, 0.2) is 71.6 Å². The maximum absolute atomic E-state index is 13.1. The Morgan fingerprint density at radius 2 is 1.60 bits per heavy atom. The summed E-state index contributed by atoms with van der Waals surface area (Å²) in [7, 11) is -2.14. The zero-order chi connectivity index (χ0) is 21.9. The van der Waals surface area contributed by atoms with E-state index in [-0.39, 0.29) is 10.8 Å². The molecule has 0 spiro atoms. The summed E-state index contributed by atoms with van der Waals surface area (Å²) in [4.78, 5) is 14.6. The Morgan fingerprint density at radius 3 is 2.30 bits per heavy atom. The monoisotopic (exact) mass is 422 g/mol. The summed E-state index contributed by atoms with van der Waals surface area (Å²) in [6, 6.07) is 19.9. The van der Waals surface area contributed by atoms with Crippen molar-refractivity contribution in [2.24, 2.45) is 0 Å². The molecule has 0 bridgehead atoms. The minimum Gasteiger partial charge on any atom is -0.337 e. The van der Waals surface area contributed by atoms with Gasteiger partial charge < -0.3 is 4.90 Å². The van der Waals surface area contributed by atoms with Crippen LogP contribution in [0, 0.1) is 20.8 Å². The standard InChI is InChI=1S/C24H26N2O3S/c1-17-9-8-12-22(19(17)3)25-30(28,29)23-15-21(14-13-18(23)2)24(27)26(4)16-20-10-6-5-7-11-20/h5-15,25H,16H2,1-4H3. The van der Waals surface area contributed by atoms with Crippen LogP contribution in [0.2, 0.25) is 0 Å². The maximum Gasteiger partial charge on any atom is 0.262 e. The van der Waals surface area contributed by atoms with E-state index in [2.05, 4.69) is 4.72 Å². The molecule has 156 valence electrons. The molecule has 3 aromatic rings. The number of hydrogen-bond donors (Lipinski definition) is 1. The molecule has 0 aromatic heterocycles. The quantitative estimate of drug-likeness (QED) is 0.627. The highest BCUT2D eigenvalue weighted by molar-refractivity contribution is 7.92. The lowest BCUT2D eigenvalue weighted by atomic mass is 10.1. The second-order valence-electron chi connectivity index (χ2n) is 7.48. The normalized spacial score (nSPS) is 11.2. The first-order valence-corrected chi connectivity index (χ1v) is 11.2. The molecule has 0 aliphatic heterocycles. The summed E-state index contributed by atoms with van der Waals surface area (Å²) in [6.45, 7) is 5.97. The summed E-state index contributed by atoms with van der Waals surface area (Å²) in [6.07, 6.45) is 0. The van der Waals surface area contributed by atoms with Gasteiger partial charge in [-0.25, -0.2) is 8.42 Å². The van der Waals surface area contributed by atoms with Crippen LogP contribution in [0.25, 0.3) is 0 Å². The van der Waals surface area contributed by atoms with Crippen molar-refractivity contribution < 1.29 is 13.2 Å². The molecular formula is C24H26N2O3S. The summed E-state index contributed by atoms with van der Waals surface area (Å²) in [5.41, 5.74) is 4.32. The van der Waals surface area contributed by atoms with Gasteiger partial charge in [-0.05, 0) is 61.2 Å². The van der Waals surface area contributed by atoms with Crippen molar-refractivity contribution in [3.63, 3.8) is 0 Å². The van der Waals surface area contributed by atoms with Crippen LogP contribution >= 0.6 is 0 Å². The molecule has 0 saturated carbocycles. The molecule has 6 heteroatoms. The van der Waals surface area contributed by atoms with Crippen molar-refractivity contribution in [1.82, 2.24) is 4.90 Å². The van der Waals surface area contributed by atoms with Crippen LogP contribution in [0.4, 0.5) is 5.69 Å². The first-order chi connectivity index (χ1) is 14.2. The van der Waals surface area contributed by atoms with Gasteiger partial charge in [0.05, 0.1) is 10.6 Å². The van der Waals surface area contributed by atoms with Crippen molar-refractivity contribution in [2.75, 3.05) is 11.8 Å². The molecule has 0 unspecified atom stereocenters. The number of carbonyl (C=O) groups excluding carboxylic acids is 1. The zero-order valence-electron chi connectivity index (χ0n) is 17.6. The van der Waals surface area contributed by atoms with Crippen molar-refractivity contribution in [3.8, 4) is 0 Å². The molecular weight excluding hydrogens is 396 g/mol. The van der Waals surface area contributed by atoms with Crippen molar-refractivity contribution >= 4 is 21.6 Å². The Morgan fingerprint density at radius 1 is 0.900 bits per heavy atom. The van der Waals surface area contributed by atoms with Gasteiger partial charge in [0, 0.05) is 19.2 Å². The zero-order valence-corrected chi connectivity index (χ0v) is 18.5. The molecule has 0 saturated heterocycles. The highest BCUT2D eigenvalue weighted by Gasteiger charge is 2.21. The lowest BCUT2D eigenvalue weighted by Crippen LogP contribution is -2.26. The van der Waals surface area contributed by atoms with Gasteiger partial charge in [-0.15, -0.1) is 0 Å². The number of sulfonamides is 1. The number of nitrogens with one attached hydrogen (secondary N) is 1. The molecule has 0 aliphatic rings. The van der Waals surface area contributed by atoms with Gasteiger partial charge in [0.2, 0.25) is 0 Å². The predicted octanol–water partition coefficient (Wildman–Crippen LogP) is 4.68. The maximum atomic E-state index is 13.1. The minimum atomic E-state index is -3.84. The van der Waals surface area contributed by atoms with E-state index in [0.29, 0.717) is 23.4 Å². The van der Waals surface area contributed by atoms with Crippen LogP contribution in [0.3, 0.4) is 0 Å². The number of hydrogen-bond acceptors (Lipinski definition) is 3. The molecule has 3 rings (SSSR count). The lowest BCUT2D eigenvalue weighted by Gasteiger charge is -2.19. The van der Waals surface area contributed by atoms with E-state index >= 15 is 0 Å². The molecule has 30 heavy (non-hydrogen) atoms. The molecule has 0 radical (unpaired) electrons. The molecule has 0 heterocycles. The van der Waals surface area contributed by atoms with Gasteiger partial charge in [0.25, 0.3) is 15.9 Å². The fraction of sp³-hybridized carbons (Fsp3) is 0.208. The SMILES string of the molecule is Cc1ccc(C(=O)N(C)Cc2ccccc2)cc1S(=O)(=O)Nc1cccc(C)c1C. The smallest absolute Gasteiger partial charge is 0.262 e. The summed E-state index contributed by atoms with van der Waals surface area (Å²) in [5, 5.41) is 0. The summed E-state index contributed by atoms with van der Waals surface area (Å²) in [5.74, 6) is -0.234. The Hall–Kier alpha value is -3.12. The molecule has 1 amide bonds. The average molecular weight is 423 g/mol. The first-order valence-electron chi connectivity index (χ1n) is 9.68. The third-order valence-corrected chi connectivity index (χ3v) is 6.69. The number of benzene rings is 3. The number of rotatable bonds is 6. The van der Waals surface area contributed by atoms with E-state index in [9.17, 15) is 13.2 Å². The number of aryl methyl sites for hydroxylation is 2. The third-order valence-electron chi connectivity index (χ3n) is 5.18. The summed E-state index contributed by atoms with van der Waals surface area (Å²) < 4.78 is 28.8.